The lowest BCUT2D eigenvalue weighted by atomic mass is 9.65. The molecule has 80 heavy (non-hydrogen) atoms. The molecule has 5 atom stereocenters. The van der Waals surface area contributed by atoms with Crippen LogP contribution in [0.5, 0.6) is 5.75 Å². The Morgan fingerprint density at radius 3 is 2.29 bits per heavy atom. The van der Waals surface area contributed by atoms with E-state index in [1.807, 2.05) is 80.2 Å². The molecule has 18 nitrogen and oxygen atoms in total. The molecule has 4 aliphatic rings. The molecule has 0 bridgehead atoms. The SMILES string of the molecule is COc1cc2nn(CCN3CCN(CC(=O)N4CCC5(CCC(C(=O)N[C@H](C(=O)N6C[C@H](O)C[C@H]6C(=O)N[C@@H](C)c6ccc(-c7scnc7C)cc6)C(C)(C)C)CC5)CC4)[C@@H](C)C3)cc2cc1NC(=O)c1cccc(C(F)(F)F)n1. The van der Waals surface area contributed by atoms with Crippen LogP contribution in [-0.2, 0) is 31.9 Å². The van der Waals surface area contributed by atoms with Crippen molar-refractivity contribution in [1.82, 2.24) is 50.0 Å². The molecule has 3 saturated heterocycles. The number of hydrogen-bond acceptors (Lipinski definition) is 13. The third-order valence-corrected chi connectivity index (χ3v) is 17.8. The predicted octanol–water partition coefficient (Wildman–Crippen LogP) is 7.32. The highest BCUT2D eigenvalue weighted by atomic mass is 32.1. The van der Waals surface area contributed by atoms with Gasteiger partial charge in [0.15, 0.2) is 0 Å². The Labute approximate surface area is 468 Å². The number of aliphatic hydroxyl groups excluding tert-OH is 1. The van der Waals surface area contributed by atoms with Crippen LogP contribution in [0.25, 0.3) is 21.3 Å². The second kappa shape index (κ2) is 23.9. The molecule has 0 unspecified atom stereocenters. The molecule has 4 N–H and O–H groups in total. The summed E-state index contributed by atoms with van der Waals surface area (Å²) in [5.41, 5.74) is 3.46. The van der Waals surface area contributed by atoms with Crippen molar-refractivity contribution in [2.75, 3.05) is 64.8 Å². The van der Waals surface area contributed by atoms with E-state index in [0.29, 0.717) is 62.2 Å². The number of hydrogen-bond donors (Lipinski definition) is 4. The number of piperazine rings is 1. The lowest BCUT2D eigenvalue weighted by Crippen LogP contribution is -2.58. The molecule has 2 aromatic carbocycles. The standard InChI is InChI=1S/C58H74F3N11O7S/c1-35-30-68(24-26-71-31-41-27-45(47(79-7)29-44(41)67-71)65-53(76)43-9-8-10-48(64-43)58(59,60)61)23-25-70(35)33-49(74)69-21-19-57(20-22-69)17-15-40(16-18-57)52(75)66-51(56(4,5)6)55(78)72-32-42(73)28-46(72)54(77)63-36(2)38-11-13-39(14-12-38)50-37(3)62-34-80-50/h8-14,27,29,31,34-36,40,42,46,51,73H,15-26,28,30,32-33H2,1-7H3,(H,63,77)(H,65,76)(H,66,75)/t35-,36-,42+,46-,51+/m0/s1. The summed E-state index contributed by atoms with van der Waals surface area (Å²) in [7, 11) is 1.43. The number of halogens is 3. The van der Waals surface area contributed by atoms with Gasteiger partial charge in [-0.15, -0.1) is 11.3 Å². The van der Waals surface area contributed by atoms with Crippen LogP contribution in [0.4, 0.5) is 18.9 Å². The van der Waals surface area contributed by atoms with E-state index in [0.717, 1.165) is 79.1 Å². The second-order valence-electron chi connectivity index (χ2n) is 23.5. The van der Waals surface area contributed by atoms with E-state index in [-0.39, 0.29) is 71.4 Å². The quantitative estimate of drug-likeness (QED) is 0.0814. The number of ether oxygens (including phenoxy) is 1. The molecular formula is C58H74F3N11O7S. The molecule has 5 amide bonds. The van der Waals surface area contributed by atoms with E-state index >= 15 is 0 Å². The molecule has 3 aliphatic heterocycles. The van der Waals surface area contributed by atoms with Crippen molar-refractivity contribution < 1.29 is 47.0 Å². The Kier molecular flexibility index (Phi) is 17.4. The van der Waals surface area contributed by atoms with Gasteiger partial charge in [-0.25, -0.2) is 9.97 Å². The Morgan fingerprint density at radius 2 is 1.64 bits per heavy atom. The molecule has 9 rings (SSSR count). The number of pyridine rings is 1. The summed E-state index contributed by atoms with van der Waals surface area (Å²) in [5, 5.41) is 25.0. The average Bonchev–Trinajstić information content (AvgIpc) is 4.17. The zero-order valence-corrected chi connectivity index (χ0v) is 47.5. The third kappa shape index (κ3) is 13.3. The van der Waals surface area contributed by atoms with E-state index in [4.69, 9.17) is 9.84 Å². The maximum Gasteiger partial charge on any atom is 0.433 e. The largest absolute Gasteiger partial charge is 0.494 e. The van der Waals surface area contributed by atoms with Gasteiger partial charge in [-0.3, -0.25) is 38.5 Å². The highest BCUT2D eigenvalue weighted by Crippen LogP contribution is 2.47. The van der Waals surface area contributed by atoms with Crippen LogP contribution >= 0.6 is 11.3 Å². The van der Waals surface area contributed by atoms with Crippen LogP contribution < -0.4 is 20.7 Å². The van der Waals surface area contributed by atoms with Crippen molar-refractivity contribution in [2.24, 2.45) is 16.7 Å². The number of carbonyl (C=O) groups is 5. The Bertz CT molecular complexity index is 3050. The monoisotopic (exact) mass is 1130 g/mol. The number of thiazole rings is 1. The fraction of sp³-hybridized carbons (Fsp3) is 0.552. The smallest absolute Gasteiger partial charge is 0.433 e. The number of β-amino-alcohol motifs (C(OH)–C–C–N with tert-alkyl or cyclic N) is 1. The van der Waals surface area contributed by atoms with Gasteiger partial charge in [-0.05, 0) is 99.5 Å². The topological polar surface area (TPSA) is 207 Å². The number of nitrogens with zero attached hydrogens (tertiary/aromatic N) is 8. The number of aryl methyl sites for hydroxylation is 1. The second-order valence-corrected chi connectivity index (χ2v) is 24.3. The number of aliphatic hydroxyl groups is 1. The molecule has 4 fully saturated rings. The predicted molar refractivity (Wildman–Crippen MR) is 298 cm³/mol. The van der Waals surface area contributed by atoms with E-state index in [1.54, 1.807) is 23.5 Å². The number of alkyl halides is 3. The summed E-state index contributed by atoms with van der Waals surface area (Å²) in [4.78, 5) is 86.0. The minimum Gasteiger partial charge on any atom is -0.494 e. The highest BCUT2D eigenvalue weighted by molar-refractivity contribution is 7.13. The van der Waals surface area contributed by atoms with Gasteiger partial charge in [-0.1, -0.05) is 51.1 Å². The number of nitrogens with one attached hydrogen (secondary N) is 3. The lowest BCUT2D eigenvalue weighted by Gasteiger charge is -2.46. The van der Waals surface area contributed by atoms with E-state index < -0.39 is 41.4 Å². The number of likely N-dealkylation sites (tertiary alicyclic amines) is 2. The summed E-state index contributed by atoms with van der Waals surface area (Å²) >= 11 is 1.57. The molecule has 5 aromatic rings. The van der Waals surface area contributed by atoms with Gasteiger partial charge in [0.05, 0.1) is 59.6 Å². The Morgan fingerprint density at radius 1 is 0.912 bits per heavy atom. The number of benzene rings is 2. The number of anilines is 1. The van der Waals surface area contributed by atoms with Crippen LogP contribution in [0.2, 0.25) is 0 Å². The van der Waals surface area contributed by atoms with Crippen molar-refractivity contribution in [2.45, 2.75) is 129 Å². The molecular weight excluding hydrogens is 1050 g/mol. The summed E-state index contributed by atoms with van der Waals surface area (Å²) < 4.78 is 47.0. The van der Waals surface area contributed by atoms with Crippen LogP contribution in [0.3, 0.4) is 0 Å². The summed E-state index contributed by atoms with van der Waals surface area (Å²) in [5.74, 6) is -1.56. The minimum atomic E-state index is -4.69. The first-order valence-corrected chi connectivity index (χ1v) is 28.6. The van der Waals surface area contributed by atoms with Gasteiger partial charge >= 0.3 is 6.18 Å². The van der Waals surface area contributed by atoms with Crippen LogP contribution in [-0.4, -0.2) is 158 Å². The van der Waals surface area contributed by atoms with Crippen molar-refractivity contribution >= 4 is 57.5 Å². The molecule has 3 aromatic heterocycles. The Balaban J connectivity index is 0.707. The number of amides is 5. The van der Waals surface area contributed by atoms with Crippen molar-refractivity contribution in [3.05, 3.63) is 88.9 Å². The molecule has 430 valence electrons. The third-order valence-electron chi connectivity index (χ3n) is 16.9. The maximum atomic E-state index is 14.4. The van der Waals surface area contributed by atoms with E-state index in [2.05, 4.69) is 42.6 Å². The maximum absolute atomic E-state index is 14.4. The number of rotatable bonds is 15. The molecule has 1 aliphatic carbocycles. The summed E-state index contributed by atoms with van der Waals surface area (Å²) in [6.45, 7) is 17.0. The zero-order chi connectivity index (χ0) is 57.3. The molecule has 22 heteroatoms. The normalized spacial score (nSPS) is 21.1. The van der Waals surface area contributed by atoms with Gasteiger partial charge in [0.2, 0.25) is 23.6 Å². The lowest BCUT2D eigenvalue weighted by molar-refractivity contribution is -0.145. The van der Waals surface area contributed by atoms with E-state index in [1.165, 1.54) is 18.1 Å². The van der Waals surface area contributed by atoms with Crippen LogP contribution in [0, 0.1) is 23.7 Å². The molecule has 1 spiro atoms. The first-order chi connectivity index (χ1) is 38.0. The summed E-state index contributed by atoms with van der Waals surface area (Å²) in [6, 6.07) is 12.4. The van der Waals surface area contributed by atoms with Gasteiger partial charge < -0.3 is 35.6 Å². The van der Waals surface area contributed by atoms with Gasteiger partial charge in [-0.2, -0.15) is 18.3 Å². The molecule has 6 heterocycles. The van der Waals surface area contributed by atoms with E-state index in [9.17, 15) is 42.3 Å². The fourth-order valence-corrected chi connectivity index (χ4v) is 12.7. The van der Waals surface area contributed by atoms with Crippen LogP contribution in [0.15, 0.2) is 66.3 Å². The first-order valence-electron chi connectivity index (χ1n) is 27.7. The van der Waals surface area contributed by atoms with Crippen molar-refractivity contribution in [3.63, 3.8) is 0 Å². The number of aromatic nitrogens is 4. The van der Waals surface area contributed by atoms with Gasteiger partial charge in [0.1, 0.15) is 29.2 Å². The minimum absolute atomic E-state index is 0.000792. The first kappa shape index (κ1) is 58.2. The highest BCUT2D eigenvalue weighted by Gasteiger charge is 2.47. The zero-order valence-electron chi connectivity index (χ0n) is 46.6. The Hall–Kier alpha value is -6.49. The number of piperidine rings is 1. The van der Waals surface area contributed by atoms with Crippen molar-refractivity contribution in [3.8, 4) is 16.2 Å². The summed E-state index contributed by atoms with van der Waals surface area (Å²) in [6.07, 6.45) is 1.22. The molecule has 1 saturated carbocycles. The number of methoxy groups -OCH3 is 1. The number of carbonyl (C=O) groups excluding carboxylic acids is 5. The average molecular weight is 1130 g/mol. The van der Waals surface area contributed by atoms with Crippen molar-refractivity contribution in [1.29, 1.82) is 0 Å². The molecule has 0 radical (unpaired) electrons. The fourth-order valence-electron chi connectivity index (χ4n) is 11.9. The van der Waals surface area contributed by atoms with Crippen LogP contribution in [0.1, 0.15) is 113 Å². The number of fused-ring (bicyclic) bond motifs is 1. The van der Waals surface area contributed by atoms with Gasteiger partial charge in [0.25, 0.3) is 5.91 Å². The van der Waals surface area contributed by atoms with Gasteiger partial charge in [0, 0.05) is 81.8 Å².